The highest BCUT2D eigenvalue weighted by molar-refractivity contribution is 6.38. The van der Waals surface area contributed by atoms with Crippen molar-refractivity contribution < 1.29 is 33.0 Å². The average Bonchev–Trinajstić information content (AvgIpc) is 3.37. The zero-order valence-electron chi connectivity index (χ0n) is 20.7. The second kappa shape index (κ2) is 10.5. The first-order valence-electron chi connectivity index (χ1n) is 11.1. The number of benzene rings is 2. The van der Waals surface area contributed by atoms with Gasteiger partial charge in [0.25, 0.3) is 5.89 Å². The van der Waals surface area contributed by atoms with Crippen molar-refractivity contribution in [1.82, 2.24) is 10.2 Å². The second-order valence-corrected chi connectivity index (χ2v) is 8.03. The summed E-state index contributed by atoms with van der Waals surface area (Å²) in [4.78, 5) is 25.2. The summed E-state index contributed by atoms with van der Waals surface area (Å²) in [6.07, 6.45) is 0.326. The lowest BCUT2D eigenvalue weighted by molar-refractivity contribution is -0.137. The molecule has 1 amide bonds. The molecule has 0 unspecified atom stereocenters. The van der Waals surface area contributed by atoms with Gasteiger partial charge in [-0.2, -0.15) is 10.1 Å². The second-order valence-electron chi connectivity index (χ2n) is 8.03. The summed E-state index contributed by atoms with van der Waals surface area (Å²) in [5, 5.41) is 13.5. The molecule has 11 heteroatoms. The quantitative estimate of drug-likeness (QED) is 0.432. The number of aryl methyl sites for hydroxylation is 2. The molecule has 3 aromatic rings. The molecule has 11 nitrogen and oxygen atoms in total. The van der Waals surface area contributed by atoms with E-state index in [0.717, 1.165) is 11.1 Å². The average molecular weight is 495 g/mol. The fourth-order valence-electron chi connectivity index (χ4n) is 3.68. The van der Waals surface area contributed by atoms with Crippen molar-refractivity contribution in [3.63, 3.8) is 0 Å². The van der Waals surface area contributed by atoms with E-state index in [2.05, 4.69) is 15.3 Å². The number of esters is 1. The smallest absolute Gasteiger partial charge is 0.355 e. The minimum absolute atomic E-state index is 0.0889. The van der Waals surface area contributed by atoms with E-state index in [1.165, 1.54) is 26.3 Å². The molecule has 4 rings (SSSR count). The molecule has 2 heterocycles. The molecule has 1 aliphatic heterocycles. The van der Waals surface area contributed by atoms with Gasteiger partial charge in [0.15, 0.2) is 18.1 Å². The third-order valence-electron chi connectivity index (χ3n) is 5.57. The first-order valence-corrected chi connectivity index (χ1v) is 11.1. The highest BCUT2D eigenvalue weighted by atomic mass is 16.5. The Kier molecular flexibility index (Phi) is 7.18. The van der Waals surface area contributed by atoms with Crippen LogP contribution in [0.5, 0.6) is 17.2 Å². The van der Waals surface area contributed by atoms with Gasteiger partial charge in [-0.15, -0.1) is 10.2 Å². The van der Waals surface area contributed by atoms with Crippen molar-refractivity contribution in [2.45, 2.75) is 33.3 Å². The molecule has 36 heavy (non-hydrogen) atoms. The van der Waals surface area contributed by atoms with Crippen LogP contribution in [0.2, 0.25) is 0 Å². The lowest BCUT2D eigenvalue weighted by atomic mass is 10.1. The van der Waals surface area contributed by atoms with Crippen LogP contribution in [-0.2, 0) is 20.9 Å². The van der Waals surface area contributed by atoms with Crippen molar-refractivity contribution in [1.29, 1.82) is 0 Å². The monoisotopic (exact) mass is 494 g/mol. The standard InChI is InChI=1S/C25H26N4O7/c1-14-6-7-15(2)18(10-14)29-22(30)9-8-17(28-29)25(31)35-13-21-26-27-24(36-21)16-11-19(32-3)23(34-5)20(12-16)33-4/h6-7,10-12H,8-9,13H2,1-5H3. The molecule has 0 fully saturated rings. The minimum Gasteiger partial charge on any atom is -0.493 e. The Bertz CT molecular complexity index is 1310. The Morgan fingerprint density at radius 3 is 2.39 bits per heavy atom. The summed E-state index contributed by atoms with van der Waals surface area (Å²) < 4.78 is 27.0. The fraction of sp³-hybridized carbons (Fsp3) is 0.320. The van der Waals surface area contributed by atoms with Crippen molar-refractivity contribution in [2.75, 3.05) is 26.3 Å². The summed E-state index contributed by atoms with van der Waals surface area (Å²) in [7, 11) is 4.51. The number of carbonyl (C=O) groups excluding carboxylic acids is 2. The number of rotatable bonds is 8. The zero-order chi connectivity index (χ0) is 25.8. The summed E-state index contributed by atoms with van der Waals surface area (Å²) in [6.45, 7) is 3.55. The first-order chi connectivity index (χ1) is 17.3. The van der Waals surface area contributed by atoms with E-state index in [0.29, 0.717) is 28.5 Å². The van der Waals surface area contributed by atoms with E-state index in [9.17, 15) is 9.59 Å². The lowest BCUT2D eigenvalue weighted by Gasteiger charge is -2.24. The van der Waals surface area contributed by atoms with E-state index in [4.69, 9.17) is 23.4 Å². The van der Waals surface area contributed by atoms with Gasteiger partial charge in [-0.05, 0) is 43.2 Å². The molecule has 2 aromatic carbocycles. The Hall–Kier alpha value is -4.41. The van der Waals surface area contributed by atoms with Crippen molar-refractivity contribution in [2.24, 2.45) is 5.10 Å². The van der Waals surface area contributed by atoms with Gasteiger partial charge >= 0.3 is 5.97 Å². The van der Waals surface area contributed by atoms with Crippen LogP contribution in [0.25, 0.3) is 11.5 Å². The maximum Gasteiger partial charge on any atom is 0.355 e. The highest BCUT2D eigenvalue weighted by Crippen LogP contribution is 2.40. The van der Waals surface area contributed by atoms with Gasteiger partial charge in [-0.1, -0.05) is 12.1 Å². The number of aromatic nitrogens is 2. The van der Waals surface area contributed by atoms with Gasteiger partial charge < -0.3 is 23.4 Å². The Balaban J connectivity index is 1.48. The molecule has 0 atom stereocenters. The summed E-state index contributed by atoms with van der Waals surface area (Å²) in [5.74, 6) is 0.706. The van der Waals surface area contributed by atoms with Crippen LogP contribution in [0.1, 0.15) is 29.9 Å². The predicted molar refractivity (Wildman–Crippen MR) is 129 cm³/mol. The SMILES string of the molecule is COc1cc(-c2nnc(COC(=O)C3=NN(c4cc(C)ccc4C)C(=O)CC3)o2)cc(OC)c1OC. The Labute approximate surface area is 207 Å². The maximum absolute atomic E-state index is 12.7. The number of methoxy groups -OCH3 is 3. The molecule has 0 saturated carbocycles. The Morgan fingerprint density at radius 1 is 1.00 bits per heavy atom. The predicted octanol–water partition coefficient (Wildman–Crippen LogP) is 3.61. The number of hydrazone groups is 1. The Morgan fingerprint density at radius 2 is 1.72 bits per heavy atom. The van der Waals surface area contributed by atoms with Crippen molar-refractivity contribution >= 4 is 23.3 Å². The number of carbonyl (C=O) groups is 2. The summed E-state index contributed by atoms with van der Waals surface area (Å²) in [5.41, 5.74) is 3.16. The normalized spacial score (nSPS) is 13.3. The van der Waals surface area contributed by atoms with Gasteiger partial charge in [0, 0.05) is 18.4 Å². The van der Waals surface area contributed by atoms with Crippen LogP contribution in [0.4, 0.5) is 5.69 Å². The molecule has 0 radical (unpaired) electrons. The first kappa shape index (κ1) is 24.7. The maximum atomic E-state index is 12.7. The van der Waals surface area contributed by atoms with E-state index >= 15 is 0 Å². The third-order valence-corrected chi connectivity index (χ3v) is 5.57. The van der Waals surface area contributed by atoms with Crippen molar-refractivity contribution in [3.05, 3.63) is 47.3 Å². The molecule has 0 bridgehead atoms. The van der Waals surface area contributed by atoms with Crippen LogP contribution in [0.15, 0.2) is 39.9 Å². The number of ether oxygens (including phenoxy) is 4. The molecule has 1 aliphatic rings. The van der Waals surface area contributed by atoms with E-state index in [-0.39, 0.29) is 42.8 Å². The molecule has 1 aromatic heterocycles. The molecular formula is C25H26N4O7. The van der Waals surface area contributed by atoms with Gasteiger partial charge in [0.05, 0.1) is 27.0 Å². The van der Waals surface area contributed by atoms with Crippen molar-refractivity contribution in [3.8, 4) is 28.7 Å². The van der Waals surface area contributed by atoms with E-state index < -0.39 is 5.97 Å². The molecular weight excluding hydrogens is 468 g/mol. The topological polar surface area (TPSA) is 126 Å². The molecule has 0 aliphatic carbocycles. The zero-order valence-corrected chi connectivity index (χ0v) is 20.7. The number of hydrogen-bond acceptors (Lipinski definition) is 10. The van der Waals surface area contributed by atoms with Crippen LogP contribution in [0.3, 0.4) is 0 Å². The third kappa shape index (κ3) is 4.99. The fourth-order valence-corrected chi connectivity index (χ4v) is 3.68. The van der Waals surface area contributed by atoms with E-state index in [1.54, 1.807) is 12.1 Å². The number of nitrogens with zero attached hydrogens (tertiary/aromatic N) is 4. The van der Waals surface area contributed by atoms with Gasteiger partial charge in [0.1, 0.15) is 5.71 Å². The van der Waals surface area contributed by atoms with E-state index in [1.807, 2.05) is 32.0 Å². The number of anilines is 1. The number of amides is 1. The van der Waals surface area contributed by atoms with Gasteiger partial charge in [-0.25, -0.2) is 4.79 Å². The van der Waals surface area contributed by atoms with Gasteiger partial charge in [0.2, 0.25) is 17.5 Å². The molecule has 0 N–H and O–H groups in total. The van der Waals surface area contributed by atoms with Crippen LogP contribution < -0.4 is 19.2 Å². The largest absolute Gasteiger partial charge is 0.493 e. The van der Waals surface area contributed by atoms with Crippen LogP contribution in [-0.4, -0.2) is 49.1 Å². The van der Waals surface area contributed by atoms with Crippen LogP contribution >= 0.6 is 0 Å². The molecule has 0 saturated heterocycles. The molecule has 0 spiro atoms. The minimum atomic E-state index is -0.662. The van der Waals surface area contributed by atoms with Crippen LogP contribution in [0, 0.1) is 13.8 Å². The van der Waals surface area contributed by atoms with Gasteiger partial charge in [-0.3, -0.25) is 4.79 Å². The lowest BCUT2D eigenvalue weighted by Crippen LogP contribution is -2.35. The summed E-state index contributed by atoms with van der Waals surface area (Å²) >= 11 is 0. The molecule has 188 valence electrons. The highest BCUT2D eigenvalue weighted by Gasteiger charge is 2.28. The summed E-state index contributed by atoms with van der Waals surface area (Å²) in [6, 6.07) is 9.04. The number of hydrogen-bond donors (Lipinski definition) is 0.